The Balaban J connectivity index is 1.54. The van der Waals surface area contributed by atoms with E-state index in [-0.39, 0.29) is 11.8 Å². The van der Waals surface area contributed by atoms with Gasteiger partial charge in [0.05, 0.1) is 25.2 Å². The van der Waals surface area contributed by atoms with Crippen molar-refractivity contribution < 1.29 is 19.1 Å². The maximum absolute atomic E-state index is 14.2. The molecule has 0 aromatic heterocycles. The highest BCUT2D eigenvalue weighted by Gasteiger charge is 2.47. The summed E-state index contributed by atoms with van der Waals surface area (Å²) in [6.45, 7) is 5.06. The van der Waals surface area contributed by atoms with Crippen LogP contribution in [-0.2, 0) is 14.3 Å². The molecule has 2 atom stereocenters. The lowest BCUT2D eigenvalue weighted by atomic mass is 9.78. The molecule has 3 aliphatic rings. The van der Waals surface area contributed by atoms with E-state index in [1.165, 1.54) is 0 Å². The summed E-state index contributed by atoms with van der Waals surface area (Å²) in [5, 5.41) is 0.598. The van der Waals surface area contributed by atoms with Gasteiger partial charge in [-0.15, -0.1) is 0 Å². The van der Waals surface area contributed by atoms with Gasteiger partial charge in [-0.3, -0.25) is 9.59 Å². The van der Waals surface area contributed by atoms with Crippen LogP contribution < -0.4 is 0 Å². The third kappa shape index (κ3) is 4.23. The van der Waals surface area contributed by atoms with Crippen LogP contribution in [-0.4, -0.2) is 60.2 Å². The smallest absolute Gasteiger partial charge is 0.254 e. The summed E-state index contributed by atoms with van der Waals surface area (Å²) in [4.78, 5) is 31.6. The SMILES string of the molecule is CCCCN1C(=O)c2ccccc2[C@H](C(=O)N2CCC3(CC2)OCCO3)[C@H]1c1cccc(Cl)c1. The molecule has 34 heavy (non-hydrogen) atoms. The van der Waals surface area contributed by atoms with Crippen molar-refractivity contribution >= 4 is 23.4 Å². The fourth-order valence-electron chi connectivity index (χ4n) is 5.54. The van der Waals surface area contributed by atoms with Gasteiger partial charge >= 0.3 is 0 Å². The molecule has 2 aromatic carbocycles. The first-order chi connectivity index (χ1) is 16.5. The van der Waals surface area contributed by atoms with Crippen molar-refractivity contribution in [2.45, 2.75) is 50.4 Å². The maximum atomic E-state index is 14.2. The molecule has 0 N–H and O–H groups in total. The summed E-state index contributed by atoms with van der Waals surface area (Å²) in [5.74, 6) is -1.03. The number of piperidine rings is 1. The minimum atomic E-state index is -0.545. The van der Waals surface area contributed by atoms with Crippen molar-refractivity contribution in [2.24, 2.45) is 0 Å². The molecule has 0 unspecified atom stereocenters. The standard InChI is InChI=1S/C27H31ClN2O4/c1-2-3-13-30-24(19-7-6-8-20(28)18-19)23(21-9-4-5-10-22(21)25(30)31)26(32)29-14-11-27(12-15-29)33-16-17-34-27/h4-10,18,23-24H,2-3,11-17H2,1H3/t23-,24+/m0/s1. The lowest BCUT2D eigenvalue weighted by molar-refractivity contribution is -0.188. The van der Waals surface area contributed by atoms with Gasteiger partial charge in [0, 0.05) is 43.1 Å². The zero-order valence-electron chi connectivity index (χ0n) is 19.5. The van der Waals surface area contributed by atoms with Crippen LogP contribution in [0.25, 0.3) is 0 Å². The Hall–Kier alpha value is -2.41. The molecular formula is C27H31ClN2O4. The number of hydrogen-bond acceptors (Lipinski definition) is 4. The van der Waals surface area contributed by atoms with E-state index in [4.69, 9.17) is 21.1 Å². The van der Waals surface area contributed by atoms with E-state index >= 15 is 0 Å². The van der Waals surface area contributed by atoms with Gasteiger partial charge in [-0.1, -0.05) is 55.3 Å². The van der Waals surface area contributed by atoms with Crippen LogP contribution in [0.2, 0.25) is 5.02 Å². The summed E-state index contributed by atoms with van der Waals surface area (Å²) < 4.78 is 11.7. The molecule has 0 radical (unpaired) electrons. The fourth-order valence-corrected chi connectivity index (χ4v) is 5.74. The molecule has 7 heteroatoms. The Morgan fingerprint density at radius 3 is 2.53 bits per heavy atom. The number of rotatable bonds is 5. The van der Waals surface area contributed by atoms with E-state index in [0.717, 1.165) is 24.0 Å². The molecule has 3 aliphatic heterocycles. The van der Waals surface area contributed by atoms with Gasteiger partial charge in [0.15, 0.2) is 5.79 Å². The first-order valence-corrected chi connectivity index (χ1v) is 12.6. The van der Waals surface area contributed by atoms with Gasteiger partial charge in [0.25, 0.3) is 5.91 Å². The van der Waals surface area contributed by atoms with Crippen molar-refractivity contribution in [3.8, 4) is 0 Å². The Morgan fingerprint density at radius 2 is 1.82 bits per heavy atom. The van der Waals surface area contributed by atoms with Gasteiger partial charge in [-0.2, -0.15) is 0 Å². The highest BCUT2D eigenvalue weighted by Crippen LogP contribution is 2.45. The molecule has 5 rings (SSSR count). The topological polar surface area (TPSA) is 59.1 Å². The summed E-state index contributed by atoms with van der Waals surface area (Å²) in [6, 6.07) is 14.7. The molecule has 0 saturated carbocycles. The molecule has 0 bridgehead atoms. The lowest BCUT2D eigenvalue weighted by Crippen LogP contribution is -2.52. The van der Waals surface area contributed by atoms with Crippen LogP contribution in [0.15, 0.2) is 48.5 Å². The summed E-state index contributed by atoms with van der Waals surface area (Å²) in [5.41, 5.74) is 2.30. The normalized spacial score (nSPS) is 23.9. The number of ether oxygens (including phenoxy) is 2. The molecule has 2 saturated heterocycles. The summed E-state index contributed by atoms with van der Waals surface area (Å²) in [6.07, 6.45) is 3.15. The second-order valence-electron chi connectivity index (χ2n) is 9.35. The molecule has 180 valence electrons. The molecule has 0 aliphatic carbocycles. The summed E-state index contributed by atoms with van der Waals surface area (Å²) in [7, 11) is 0. The van der Waals surface area contributed by atoms with E-state index in [9.17, 15) is 9.59 Å². The van der Waals surface area contributed by atoms with E-state index in [1.807, 2.05) is 58.3 Å². The van der Waals surface area contributed by atoms with Crippen LogP contribution in [0.3, 0.4) is 0 Å². The highest BCUT2D eigenvalue weighted by molar-refractivity contribution is 6.30. The van der Waals surface area contributed by atoms with Crippen LogP contribution in [0.4, 0.5) is 0 Å². The first kappa shape index (κ1) is 23.3. The van der Waals surface area contributed by atoms with Crippen molar-refractivity contribution in [1.29, 1.82) is 0 Å². The number of unbranched alkanes of at least 4 members (excludes halogenated alkanes) is 1. The highest BCUT2D eigenvalue weighted by atomic mass is 35.5. The zero-order chi connectivity index (χ0) is 23.7. The fraction of sp³-hybridized carbons (Fsp3) is 0.481. The number of nitrogens with zero attached hydrogens (tertiary/aromatic N) is 2. The number of halogens is 1. The number of amides is 2. The first-order valence-electron chi connectivity index (χ1n) is 12.2. The number of carbonyl (C=O) groups is 2. The van der Waals surface area contributed by atoms with Crippen LogP contribution >= 0.6 is 11.6 Å². The van der Waals surface area contributed by atoms with Gasteiger partial charge in [-0.05, 0) is 35.7 Å². The number of carbonyl (C=O) groups excluding carboxylic acids is 2. The molecule has 2 amide bonds. The van der Waals surface area contributed by atoms with Gasteiger partial charge in [0.1, 0.15) is 0 Å². The number of likely N-dealkylation sites (tertiary alicyclic amines) is 1. The molecular weight excluding hydrogens is 452 g/mol. The van der Waals surface area contributed by atoms with E-state index in [0.29, 0.717) is 56.3 Å². The van der Waals surface area contributed by atoms with Gasteiger partial charge < -0.3 is 19.3 Å². The Kier molecular flexibility index (Phi) is 6.65. The van der Waals surface area contributed by atoms with Crippen LogP contribution in [0.5, 0.6) is 0 Å². The monoisotopic (exact) mass is 482 g/mol. The van der Waals surface area contributed by atoms with E-state index in [2.05, 4.69) is 6.92 Å². The summed E-state index contributed by atoms with van der Waals surface area (Å²) >= 11 is 6.37. The van der Waals surface area contributed by atoms with Crippen molar-refractivity contribution in [3.05, 3.63) is 70.2 Å². The van der Waals surface area contributed by atoms with Gasteiger partial charge in [-0.25, -0.2) is 0 Å². The maximum Gasteiger partial charge on any atom is 0.254 e. The lowest BCUT2D eigenvalue weighted by Gasteiger charge is -2.45. The van der Waals surface area contributed by atoms with Crippen molar-refractivity contribution in [3.63, 3.8) is 0 Å². The predicted molar refractivity (Wildman–Crippen MR) is 130 cm³/mol. The third-order valence-electron chi connectivity index (χ3n) is 7.30. The van der Waals surface area contributed by atoms with Crippen molar-refractivity contribution in [2.75, 3.05) is 32.8 Å². The van der Waals surface area contributed by atoms with Gasteiger partial charge in [0.2, 0.25) is 5.91 Å². The quantitative estimate of drug-likeness (QED) is 0.615. The largest absolute Gasteiger partial charge is 0.347 e. The third-order valence-corrected chi connectivity index (χ3v) is 7.53. The second-order valence-corrected chi connectivity index (χ2v) is 9.79. The molecule has 1 spiro atoms. The Bertz CT molecular complexity index is 1060. The van der Waals surface area contributed by atoms with E-state index in [1.54, 1.807) is 0 Å². The molecule has 2 aromatic rings. The molecule has 2 fully saturated rings. The predicted octanol–water partition coefficient (Wildman–Crippen LogP) is 4.79. The van der Waals surface area contributed by atoms with Crippen LogP contribution in [0.1, 0.15) is 66.1 Å². The number of hydrogen-bond donors (Lipinski definition) is 0. The number of fused-ring (bicyclic) bond motifs is 1. The minimum absolute atomic E-state index is 0.0246. The molecule has 6 nitrogen and oxygen atoms in total. The Morgan fingerprint density at radius 1 is 1.09 bits per heavy atom. The van der Waals surface area contributed by atoms with Crippen molar-refractivity contribution in [1.82, 2.24) is 9.80 Å². The Labute approximate surface area is 205 Å². The molecule has 3 heterocycles. The average Bonchev–Trinajstić information content (AvgIpc) is 3.31. The second kappa shape index (κ2) is 9.68. The van der Waals surface area contributed by atoms with E-state index < -0.39 is 17.7 Å². The average molecular weight is 483 g/mol. The minimum Gasteiger partial charge on any atom is -0.347 e. The zero-order valence-corrected chi connectivity index (χ0v) is 20.3. The number of benzene rings is 2. The van der Waals surface area contributed by atoms with Crippen LogP contribution in [0, 0.1) is 0 Å².